The Morgan fingerprint density at radius 3 is 0.774 bits per heavy atom. The molecule has 62 heavy (non-hydrogen) atoms. The van der Waals surface area contributed by atoms with Crippen molar-refractivity contribution in [3.05, 3.63) is 203 Å². The van der Waals surface area contributed by atoms with Crippen LogP contribution in [0.15, 0.2) is 170 Å². The Hall–Kier alpha value is -7.96. The van der Waals surface area contributed by atoms with E-state index in [0.29, 0.717) is 23.0 Å². The molecular weight excluding hydrogens is 769 g/mol. The average molecular weight is 807 g/mol. The Kier molecular flexibility index (Phi) is 7.40. The second-order valence-electron chi connectivity index (χ2n) is 16.9. The molecule has 298 valence electrons. The van der Waals surface area contributed by atoms with Crippen molar-refractivity contribution in [2.24, 2.45) is 0 Å². The van der Waals surface area contributed by atoms with Gasteiger partial charge in [0.2, 0.25) is 0 Å². The lowest BCUT2D eigenvalue weighted by atomic mass is 9.66. The molecule has 0 bridgehead atoms. The monoisotopic (exact) mass is 806 g/mol. The summed E-state index contributed by atoms with van der Waals surface area (Å²) in [5, 5.41) is 51.2. The van der Waals surface area contributed by atoms with Crippen molar-refractivity contribution in [3.63, 3.8) is 0 Å². The highest BCUT2D eigenvalue weighted by Gasteiger charge is 2.45. The molecule has 0 atom stereocenters. The molecule has 10 aromatic rings. The predicted octanol–water partition coefficient (Wildman–Crippen LogP) is 13.7. The number of phenolic OH excluding ortho intramolecular Hbond substituents is 4. The lowest BCUT2D eigenvalue weighted by Gasteiger charge is -2.40. The minimum atomic E-state index is -0.751. The fourth-order valence-corrected chi connectivity index (χ4v) is 10.8. The van der Waals surface area contributed by atoms with Crippen LogP contribution in [0.2, 0.25) is 0 Å². The van der Waals surface area contributed by atoms with E-state index < -0.39 is 10.8 Å². The van der Waals surface area contributed by atoms with Gasteiger partial charge in [-0.3, -0.25) is 0 Å². The van der Waals surface area contributed by atoms with Gasteiger partial charge in [-0.05, 0) is 57.6 Å². The fraction of sp³-hybridized carbons (Fsp3) is 0.0714. The molecule has 2 heterocycles. The molecule has 0 unspecified atom stereocenters. The first-order valence-corrected chi connectivity index (χ1v) is 20.7. The smallest absolute Gasteiger partial charge is 0.136 e. The highest BCUT2D eigenvalue weighted by molar-refractivity contribution is 6.02. The topological polar surface area (TPSA) is 99.4 Å². The highest BCUT2D eigenvalue weighted by Crippen LogP contribution is 2.60. The minimum Gasteiger partial charge on any atom is -0.507 e. The SMILES string of the molecule is CC1(c2ccc(-c3ccc(C4(C)c5c(cc(O)c6ccccc56)Oc5cc(O)c6ccccc6c54)cc3)cc2)c2c(cc(O)c3ccccc23)Oc2cc(O)c3ccccc3c21. The van der Waals surface area contributed by atoms with Gasteiger partial charge >= 0.3 is 0 Å². The molecule has 0 amide bonds. The zero-order chi connectivity index (χ0) is 42.1. The van der Waals surface area contributed by atoms with Crippen LogP contribution < -0.4 is 9.47 Å². The first-order chi connectivity index (χ1) is 30.1. The fourth-order valence-electron chi connectivity index (χ4n) is 10.8. The molecule has 2 aliphatic rings. The van der Waals surface area contributed by atoms with Crippen molar-refractivity contribution < 1.29 is 29.9 Å². The number of rotatable bonds is 3. The Balaban J connectivity index is 1.02. The van der Waals surface area contributed by atoms with E-state index in [-0.39, 0.29) is 23.0 Å². The number of hydrogen-bond acceptors (Lipinski definition) is 6. The van der Waals surface area contributed by atoms with E-state index in [1.807, 2.05) is 97.1 Å². The van der Waals surface area contributed by atoms with E-state index in [0.717, 1.165) is 87.6 Å². The maximum absolute atomic E-state index is 11.2. The van der Waals surface area contributed by atoms with Gasteiger partial charge in [-0.25, -0.2) is 0 Å². The van der Waals surface area contributed by atoms with E-state index in [1.165, 1.54) is 0 Å². The van der Waals surface area contributed by atoms with Crippen molar-refractivity contribution in [3.8, 4) is 57.1 Å². The van der Waals surface area contributed by atoms with Crippen molar-refractivity contribution in [2.75, 3.05) is 0 Å². The number of ether oxygens (including phenoxy) is 2. The molecule has 4 N–H and O–H groups in total. The van der Waals surface area contributed by atoms with Gasteiger partial charge < -0.3 is 29.9 Å². The van der Waals surface area contributed by atoms with Crippen LogP contribution in [0.3, 0.4) is 0 Å². The molecule has 6 nitrogen and oxygen atoms in total. The summed E-state index contributed by atoms with van der Waals surface area (Å²) < 4.78 is 13.2. The van der Waals surface area contributed by atoms with Crippen molar-refractivity contribution in [2.45, 2.75) is 24.7 Å². The summed E-state index contributed by atoms with van der Waals surface area (Å²) >= 11 is 0. The molecule has 0 spiro atoms. The van der Waals surface area contributed by atoms with E-state index >= 15 is 0 Å². The van der Waals surface area contributed by atoms with Crippen LogP contribution in [0.5, 0.6) is 46.0 Å². The molecule has 0 aromatic heterocycles. The zero-order valence-corrected chi connectivity index (χ0v) is 33.8. The van der Waals surface area contributed by atoms with Crippen molar-refractivity contribution >= 4 is 43.1 Å². The van der Waals surface area contributed by atoms with E-state index in [2.05, 4.69) is 62.4 Å². The number of fused-ring (bicyclic) bond motifs is 12. The largest absolute Gasteiger partial charge is 0.507 e. The summed E-state index contributed by atoms with van der Waals surface area (Å²) in [5.74, 6) is 2.70. The van der Waals surface area contributed by atoms with E-state index in [1.54, 1.807) is 24.3 Å². The van der Waals surface area contributed by atoms with E-state index in [9.17, 15) is 20.4 Å². The lowest BCUT2D eigenvalue weighted by Crippen LogP contribution is -2.30. The minimum absolute atomic E-state index is 0.133. The van der Waals surface area contributed by atoms with Gasteiger partial charge in [0.05, 0.1) is 10.8 Å². The molecule has 2 aliphatic heterocycles. The number of hydrogen-bond donors (Lipinski definition) is 4. The maximum atomic E-state index is 11.2. The molecular formula is C56H38O6. The molecule has 0 saturated carbocycles. The maximum Gasteiger partial charge on any atom is 0.136 e. The second kappa shape index (κ2) is 12.8. The Morgan fingerprint density at radius 2 is 0.532 bits per heavy atom. The quantitative estimate of drug-likeness (QED) is 0.142. The number of phenols is 4. The van der Waals surface area contributed by atoms with Gasteiger partial charge in [0, 0.05) is 68.1 Å². The van der Waals surface area contributed by atoms with E-state index in [4.69, 9.17) is 9.47 Å². The third-order valence-electron chi connectivity index (χ3n) is 13.6. The predicted molar refractivity (Wildman–Crippen MR) is 246 cm³/mol. The van der Waals surface area contributed by atoms with Crippen molar-refractivity contribution in [1.29, 1.82) is 0 Å². The zero-order valence-electron chi connectivity index (χ0n) is 33.8. The molecule has 0 radical (unpaired) electrons. The molecule has 10 aromatic carbocycles. The molecule has 0 saturated heterocycles. The second-order valence-corrected chi connectivity index (χ2v) is 16.9. The Labute approximate surface area is 356 Å². The van der Waals surface area contributed by atoms with Gasteiger partial charge in [0.15, 0.2) is 0 Å². The summed E-state index contributed by atoms with van der Waals surface area (Å²) in [6.45, 7) is 4.42. The van der Waals surface area contributed by atoms with Gasteiger partial charge in [-0.15, -0.1) is 0 Å². The Morgan fingerprint density at radius 1 is 0.306 bits per heavy atom. The van der Waals surface area contributed by atoms with Crippen LogP contribution in [-0.4, -0.2) is 20.4 Å². The molecule has 0 fully saturated rings. The summed E-state index contributed by atoms with van der Waals surface area (Å²) in [6, 6.07) is 55.6. The third kappa shape index (κ3) is 4.80. The highest BCUT2D eigenvalue weighted by atomic mass is 16.5. The number of benzene rings is 10. The van der Waals surface area contributed by atoms with Gasteiger partial charge in [0.1, 0.15) is 46.0 Å². The normalized spacial score (nSPS) is 14.4. The molecule has 12 rings (SSSR count). The standard InChI is InChI=1S/C56H38O6/c1-55(51-39-15-7-3-11-35(39)43(57)27-47(51)61-48-28-44(58)36-12-4-8-16-40(36)52(48)55)33-23-19-31(20-24-33)32-21-25-34(26-22-32)56(2)53-41-17-9-5-13-37(41)45(59)29-49(53)62-50-30-46(60)38-14-6-10-18-42(38)54(50)56/h3-30,57-60H,1-2H3. The Bertz CT molecular complexity index is 3110. The van der Waals surface area contributed by atoms with Crippen LogP contribution in [0.1, 0.15) is 47.2 Å². The van der Waals surface area contributed by atoms with Crippen LogP contribution >= 0.6 is 0 Å². The summed E-state index contributed by atoms with van der Waals surface area (Å²) in [6.07, 6.45) is 0. The molecule has 6 heteroatoms. The third-order valence-corrected chi connectivity index (χ3v) is 13.6. The summed E-state index contributed by atoms with van der Waals surface area (Å²) in [5.41, 5.74) is 6.40. The van der Waals surface area contributed by atoms with Crippen LogP contribution in [-0.2, 0) is 10.8 Å². The summed E-state index contributed by atoms with van der Waals surface area (Å²) in [7, 11) is 0. The van der Waals surface area contributed by atoms with Crippen LogP contribution in [0, 0.1) is 0 Å². The first-order valence-electron chi connectivity index (χ1n) is 20.7. The average Bonchev–Trinajstić information content (AvgIpc) is 3.29. The van der Waals surface area contributed by atoms with Crippen molar-refractivity contribution in [1.82, 2.24) is 0 Å². The lowest BCUT2D eigenvalue weighted by molar-refractivity contribution is 0.416. The van der Waals surface area contributed by atoms with Gasteiger partial charge in [0.25, 0.3) is 0 Å². The first kappa shape index (κ1) is 35.9. The van der Waals surface area contributed by atoms with Gasteiger partial charge in [-0.1, -0.05) is 146 Å². The van der Waals surface area contributed by atoms with Gasteiger partial charge in [-0.2, -0.15) is 0 Å². The molecule has 0 aliphatic carbocycles. The summed E-state index contributed by atoms with van der Waals surface area (Å²) in [4.78, 5) is 0. The van der Waals surface area contributed by atoms with Crippen LogP contribution in [0.25, 0.3) is 54.2 Å². The number of aromatic hydroxyl groups is 4. The van der Waals surface area contributed by atoms with Crippen LogP contribution in [0.4, 0.5) is 0 Å².